The van der Waals surface area contributed by atoms with Crippen LogP contribution < -0.4 is 0 Å². The molecular formula is C11H18O3. The van der Waals surface area contributed by atoms with Gasteiger partial charge in [0, 0.05) is 12.3 Å². The number of ether oxygens (including phenoxy) is 1. The Morgan fingerprint density at radius 2 is 2.00 bits per heavy atom. The molecule has 1 saturated carbocycles. The van der Waals surface area contributed by atoms with Crippen LogP contribution in [-0.4, -0.2) is 18.9 Å². The van der Waals surface area contributed by atoms with Crippen molar-refractivity contribution in [1.82, 2.24) is 0 Å². The van der Waals surface area contributed by atoms with Crippen molar-refractivity contribution < 1.29 is 14.3 Å². The topological polar surface area (TPSA) is 43.4 Å². The molecule has 0 saturated heterocycles. The molecule has 0 heterocycles. The first-order valence-corrected chi connectivity index (χ1v) is 5.37. The molecule has 0 aromatic heterocycles. The van der Waals surface area contributed by atoms with Crippen LogP contribution in [0.15, 0.2) is 0 Å². The van der Waals surface area contributed by atoms with E-state index in [2.05, 4.69) is 0 Å². The van der Waals surface area contributed by atoms with Gasteiger partial charge >= 0.3 is 5.97 Å². The predicted molar refractivity (Wildman–Crippen MR) is 52.8 cm³/mol. The maximum absolute atomic E-state index is 11.2. The molecule has 0 unspecified atom stereocenters. The monoisotopic (exact) mass is 198 g/mol. The third-order valence-corrected chi connectivity index (χ3v) is 2.84. The fourth-order valence-corrected chi connectivity index (χ4v) is 1.98. The summed E-state index contributed by atoms with van der Waals surface area (Å²) in [5, 5.41) is 0. The molecular weight excluding hydrogens is 180 g/mol. The lowest BCUT2D eigenvalue weighted by Gasteiger charge is -2.24. The van der Waals surface area contributed by atoms with Gasteiger partial charge in [-0.1, -0.05) is 0 Å². The van der Waals surface area contributed by atoms with Crippen LogP contribution in [0.25, 0.3) is 0 Å². The number of carbonyl (C=O) groups is 2. The average molecular weight is 198 g/mol. The first-order valence-electron chi connectivity index (χ1n) is 5.37. The number of hydrogen-bond acceptors (Lipinski definition) is 3. The van der Waals surface area contributed by atoms with Crippen molar-refractivity contribution in [3.8, 4) is 0 Å². The van der Waals surface area contributed by atoms with Crippen LogP contribution in [0.5, 0.6) is 0 Å². The molecule has 3 nitrogen and oxygen atoms in total. The van der Waals surface area contributed by atoms with Crippen molar-refractivity contribution in [2.75, 3.05) is 6.61 Å². The van der Waals surface area contributed by atoms with E-state index in [4.69, 9.17) is 4.74 Å². The van der Waals surface area contributed by atoms with Crippen LogP contribution in [0, 0.1) is 11.8 Å². The molecule has 0 spiro atoms. The van der Waals surface area contributed by atoms with E-state index in [1.165, 1.54) is 0 Å². The fraction of sp³-hybridized carbons (Fsp3) is 0.818. The van der Waals surface area contributed by atoms with Crippen LogP contribution in [0.1, 0.15) is 39.0 Å². The highest BCUT2D eigenvalue weighted by Gasteiger charge is 2.22. The summed E-state index contributed by atoms with van der Waals surface area (Å²) in [5.74, 6) is 0.570. The van der Waals surface area contributed by atoms with Crippen molar-refractivity contribution in [3.63, 3.8) is 0 Å². The number of hydrogen-bond donors (Lipinski definition) is 0. The summed E-state index contributed by atoms with van der Waals surface area (Å²) in [6.45, 7) is 2.28. The average Bonchev–Trinajstić information content (AvgIpc) is 2.19. The molecule has 1 aliphatic carbocycles. The van der Waals surface area contributed by atoms with Gasteiger partial charge in [-0.15, -0.1) is 0 Å². The predicted octanol–water partition coefficient (Wildman–Crippen LogP) is 1.94. The Morgan fingerprint density at radius 3 is 2.50 bits per heavy atom. The SMILES string of the molecule is CCOC(=O)C[C@H]1CC[C@@H](C=O)CC1. The van der Waals surface area contributed by atoms with Gasteiger partial charge in [-0.25, -0.2) is 0 Å². The molecule has 1 rings (SSSR count). The second kappa shape index (κ2) is 5.78. The van der Waals surface area contributed by atoms with E-state index >= 15 is 0 Å². The highest BCUT2D eigenvalue weighted by molar-refractivity contribution is 5.69. The molecule has 0 atom stereocenters. The second-order valence-corrected chi connectivity index (χ2v) is 3.93. The Labute approximate surface area is 84.8 Å². The maximum atomic E-state index is 11.2. The van der Waals surface area contributed by atoms with E-state index in [0.29, 0.717) is 18.9 Å². The Hall–Kier alpha value is -0.860. The van der Waals surface area contributed by atoms with E-state index in [1.54, 1.807) is 0 Å². The van der Waals surface area contributed by atoms with Crippen molar-refractivity contribution in [3.05, 3.63) is 0 Å². The van der Waals surface area contributed by atoms with E-state index < -0.39 is 0 Å². The molecule has 0 aromatic rings. The molecule has 80 valence electrons. The Balaban J connectivity index is 2.21. The van der Waals surface area contributed by atoms with Crippen LogP contribution in [-0.2, 0) is 14.3 Å². The molecule has 0 amide bonds. The summed E-state index contributed by atoms with van der Waals surface area (Å²) < 4.78 is 4.89. The molecule has 0 bridgehead atoms. The van der Waals surface area contributed by atoms with Crippen LogP contribution >= 0.6 is 0 Å². The third-order valence-electron chi connectivity index (χ3n) is 2.84. The lowest BCUT2D eigenvalue weighted by atomic mass is 9.81. The van der Waals surface area contributed by atoms with E-state index in [0.717, 1.165) is 32.0 Å². The van der Waals surface area contributed by atoms with Gasteiger partial charge < -0.3 is 9.53 Å². The summed E-state index contributed by atoms with van der Waals surface area (Å²) >= 11 is 0. The normalized spacial score (nSPS) is 26.9. The summed E-state index contributed by atoms with van der Waals surface area (Å²) in [4.78, 5) is 21.7. The minimum absolute atomic E-state index is 0.0953. The van der Waals surface area contributed by atoms with E-state index in [1.807, 2.05) is 6.92 Å². The Bertz CT molecular complexity index is 193. The molecule has 14 heavy (non-hydrogen) atoms. The van der Waals surface area contributed by atoms with Gasteiger partial charge in [0.05, 0.1) is 6.61 Å². The maximum Gasteiger partial charge on any atom is 0.306 e. The minimum Gasteiger partial charge on any atom is -0.466 e. The zero-order valence-corrected chi connectivity index (χ0v) is 8.70. The van der Waals surface area contributed by atoms with Crippen LogP contribution in [0.3, 0.4) is 0 Å². The molecule has 0 aliphatic heterocycles. The molecule has 1 fully saturated rings. The number of carbonyl (C=O) groups excluding carboxylic acids is 2. The van der Waals surface area contributed by atoms with Crippen molar-refractivity contribution in [1.29, 1.82) is 0 Å². The fourth-order valence-electron chi connectivity index (χ4n) is 1.98. The molecule has 3 heteroatoms. The van der Waals surface area contributed by atoms with Gasteiger partial charge in [0.1, 0.15) is 6.29 Å². The lowest BCUT2D eigenvalue weighted by Crippen LogP contribution is -2.19. The number of rotatable bonds is 4. The summed E-state index contributed by atoms with van der Waals surface area (Å²) in [6, 6.07) is 0. The standard InChI is InChI=1S/C11H18O3/c1-2-14-11(13)7-9-3-5-10(8-12)6-4-9/h8-10H,2-7H2,1H3/t9-,10+. The van der Waals surface area contributed by atoms with Gasteiger partial charge in [0.15, 0.2) is 0 Å². The highest BCUT2D eigenvalue weighted by atomic mass is 16.5. The molecule has 0 aromatic carbocycles. The largest absolute Gasteiger partial charge is 0.466 e. The Kier molecular flexibility index (Phi) is 4.63. The van der Waals surface area contributed by atoms with Crippen molar-refractivity contribution in [2.24, 2.45) is 11.8 Å². The van der Waals surface area contributed by atoms with Gasteiger partial charge in [-0.2, -0.15) is 0 Å². The minimum atomic E-state index is -0.0953. The first-order chi connectivity index (χ1) is 6.76. The zero-order valence-electron chi connectivity index (χ0n) is 8.70. The molecule has 1 aliphatic rings. The second-order valence-electron chi connectivity index (χ2n) is 3.93. The number of aldehydes is 1. The van der Waals surface area contributed by atoms with Crippen molar-refractivity contribution in [2.45, 2.75) is 39.0 Å². The Morgan fingerprint density at radius 1 is 1.36 bits per heavy atom. The van der Waals surface area contributed by atoms with E-state index in [-0.39, 0.29) is 11.9 Å². The van der Waals surface area contributed by atoms with Gasteiger partial charge in [0.2, 0.25) is 0 Å². The van der Waals surface area contributed by atoms with Gasteiger partial charge in [-0.3, -0.25) is 4.79 Å². The molecule has 0 N–H and O–H groups in total. The lowest BCUT2D eigenvalue weighted by molar-refractivity contribution is -0.144. The summed E-state index contributed by atoms with van der Waals surface area (Å²) in [6.07, 6.45) is 5.42. The van der Waals surface area contributed by atoms with Gasteiger partial charge in [0.25, 0.3) is 0 Å². The quantitative estimate of drug-likeness (QED) is 0.512. The third kappa shape index (κ3) is 3.48. The number of esters is 1. The van der Waals surface area contributed by atoms with Crippen LogP contribution in [0.2, 0.25) is 0 Å². The zero-order chi connectivity index (χ0) is 10.4. The summed E-state index contributed by atoms with van der Waals surface area (Å²) in [7, 11) is 0. The molecule has 0 radical (unpaired) electrons. The van der Waals surface area contributed by atoms with Gasteiger partial charge in [-0.05, 0) is 38.5 Å². The van der Waals surface area contributed by atoms with Crippen molar-refractivity contribution >= 4 is 12.3 Å². The first kappa shape index (κ1) is 11.2. The summed E-state index contributed by atoms with van der Waals surface area (Å²) in [5.41, 5.74) is 0. The highest BCUT2D eigenvalue weighted by Crippen LogP contribution is 2.29. The van der Waals surface area contributed by atoms with Crippen LogP contribution in [0.4, 0.5) is 0 Å². The van der Waals surface area contributed by atoms with E-state index in [9.17, 15) is 9.59 Å². The smallest absolute Gasteiger partial charge is 0.306 e.